The number of amides is 1. The molecular formula is C25H18Cl2F4N2O4S. The van der Waals surface area contributed by atoms with Crippen LogP contribution in [-0.2, 0) is 20.2 Å². The zero-order valence-electron chi connectivity index (χ0n) is 19.7. The van der Waals surface area contributed by atoms with E-state index in [1.165, 1.54) is 43.7 Å². The second-order valence-corrected chi connectivity index (χ2v) is 11.4. The van der Waals surface area contributed by atoms with Crippen molar-refractivity contribution in [3.8, 4) is 5.75 Å². The number of hydrogen-bond donors (Lipinski definition) is 0. The number of nitrogens with zero attached hydrogens (tertiary/aromatic N) is 2. The maximum Gasteiger partial charge on any atom is 0.435 e. The van der Waals surface area contributed by atoms with Gasteiger partial charge in [-0.2, -0.15) is 17.5 Å². The predicted octanol–water partition coefficient (Wildman–Crippen LogP) is 7.02. The van der Waals surface area contributed by atoms with E-state index in [1.54, 1.807) is 18.2 Å². The van der Waals surface area contributed by atoms with Gasteiger partial charge in [-0.3, -0.25) is 4.79 Å². The molecule has 0 spiro atoms. The minimum Gasteiger partial charge on any atom is -0.495 e. The van der Waals surface area contributed by atoms with E-state index < -0.39 is 55.3 Å². The Morgan fingerprint density at radius 3 is 2.29 bits per heavy atom. The van der Waals surface area contributed by atoms with Crippen LogP contribution in [0.15, 0.2) is 75.1 Å². The lowest BCUT2D eigenvalue weighted by Crippen LogP contribution is -2.42. The smallest absolute Gasteiger partial charge is 0.435 e. The minimum absolute atomic E-state index is 0.0527. The number of ether oxygens (including phenoxy) is 1. The maximum atomic E-state index is 14.2. The minimum atomic E-state index is -4.96. The van der Waals surface area contributed by atoms with Crippen molar-refractivity contribution in [3.63, 3.8) is 0 Å². The number of alkyl halides is 3. The molecule has 38 heavy (non-hydrogen) atoms. The largest absolute Gasteiger partial charge is 0.495 e. The topological polar surface area (TPSA) is 77.3 Å². The molecule has 13 heteroatoms. The lowest BCUT2D eigenvalue weighted by atomic mass is 9.86. The summed E-state index contributed by atoms with van der Waals surface area (Å²) in [5.74, 6) is -1.54. The normalized spacial score (nSPS) is 18.8. The molecule has 0 bridgehead atoms. The molecule has 1 heterocycles. The number of methoxy groups -OCH3 is 1. The second kappa shape index (κ2) is 10.2. The fourth-order valence-electron chi connectivity index (χ4n) is 3.84. The SMILES string of the molecule is COc1ccccc1S(C)(=O)=NC(=O)c1ccc(C2=NOC(c3cc(Cl)c(F)c(Cl)c3)(C(F)(F)F)C2)cc1. The Hall–Kier alpha value is -3.15. The van der Waals surface area contributed by atoms with Crippen molar-refractivity contribution in [3.05, 3.63) is 93.2 Å². The molecule has 3 aromatic carbocycles. The first-order valence-electron chi connectivity index (χ1n) is 10.8. The average Bonchev–Trinajstić information content (AvgIpc) is 3.34. The molecule has 0 aliphatic carbocycles. The monoisotopic (exact) mass is 588 g/mol. The van der Waals surface area contributed by atoms with Gasteiger partial charge in [0.1, 0.15) is 5.75 Å². The fraction of sp³-hybridized carbons (Fsp3) is 0.200. The van der Waals surface area contributed by atoms with E-state index in [0.717, 1.165) is 12.1 Å². The molecule has 1 aliphatic heterocycles. The maximum absolute atomic E-state index is 14.2. The van der Waals surface area contributed by atoms with E-state index >= 15 is 0 Å². The summed E-state index contributed by atoms with van der Waals surface area (Å²) < 4.78 is 78.6. The predicted molar refractivity (Wildman–Crippen MR) is 135 cm³/mol. The summed E-state index contributed by atoms with van der Waals surface area (Å²) in [6.07, 6.45) is -4.42. The Morgan fingerprint density at radius 2 is 1.71 bits per heavy atom. The average molecular weight is 589 g/mol. The standard InChI is InChI=1S/C25H18Cl2F4N2O4S/c1-36-20-5-3-4-6-21(20)38(2,35)33-23(34)15-9-7-14(8-10-15)19-13-24(37-32-19,25(29,30)31)16-11-17(26)22(28)18(27)12-16/h3-12H,13H2,1-2H3. The van der Waals surface area contributed by atoms with Crippen molar-refractivity contribution in [1.29, 1.82) is 0 Å². The third-order valence-electron chi connectivity index (χ3n) is 5.84. The number of para-hydroxylation sites is 1. The van der Waals surface area contributed by atoms with Gasteiger partial charge in [0.2, 0.25) is 0 Å². The van der Waals surface area contributed by atoms with Gasteiger partial charge in [-0.05, 0) is 42.0 Å². The Labute approximate surface area is 225 Å². The summed E-state index contributed by atoms with van der Waals surface area (Å²) in [6, 6.07) is 13.4. The van der Waals surface area contributed by atoms with Gasteiger partial charge in [-0.1, -0.05) is 52.6 Å². The zero-order valence-corrected chi connectivity index (χ0v) is 22.0. The van der Waals surface area contributed by atoms with Crippen LogP contribution in [-0.4, -0.2) is 35.4 Å². The number of carbonyl (C=O) groups is 1. The van der Waals surface area contributed by atoms with Crippen molar-refractivity contribution in [2.45, 2.75) is 23.1 Å². The number of halogens is 6. The molecule has 4 rings (SSSR count). The van der Waals surface area contributed by atoms with Crippen molar-refractivity contribution in [2.75, 3.05) is 13.4 Å². The fourth-order valence-corrected chi connectivity index (χ4v) is 5.71. The molecule has 0 saturated carbocycles. The first kappa shape index (κ1) is 27.9. The van der Waals surface area contributed by atoms with E-state index in [0.29, 0.717) is 5.75 Å². The van der Waals surface area contributed by atoms with E-state index in [4.69, 9.17) is 32.8 Å². The highest BCUT2D eigenvalue weighted by molar-refractivity contribution is 7.93. The summed E-state index contributed by atoms with van der Waals surface area (Å²) in [5, 5.41) is 2.43. The summed E-state index contributed by atoms with van der Waals surface area (Å²) in [6.45, 7) is 0. The Kier molecular flexibility index (Phi) is 7.48. The van der Waals surface area contributed by atoms with Crippen LogP contribution in [0.4, 0.5) is 17.6 Å². The summed E-state index contributed by atoms with van der Waals surface area (Å²) >= 11 is 11.4. The van der Waals surface area contributed by atoms with Gasteiger partial charge in [-0.25, -0.2) is 8.60 Å². The van der Waals surface area contributed by atoms with Gasteiger partial charge < -0.3 is 9.57 Å². The van der Waals surface area contributed by atoms with E-state index in [9.17, 15) is 26.6 Å². The Bertz CT molecular complexity index is 1550. The number of oxime groups is 1. The van der Waals surface area contributed by atoms with Gasteiger partial charge in [-0.15, -0.1) is 0 Å². The van der Waals surface area contributed by atoms with Crippen molar-refractivity contribution in [1.82, 2.24) is 0 Å². The van der Waals surface area contributed by atoms with E-state index in [2.05, 4.69) is 9.52 Å². The van der Waals surface area contributed by atoms with Crippen LogP contribution in [0.1, 0.15) is 27.9 Å². The quantitative estimate of drug-likeness (QED) is 0.237. The van der Waals surface area contributed by atoms with Gasteiger partial charge in [0.25, 0.3) is 11.5 Å². The van der Waals surface area contributed by atoms with Crippen molar-refractivity contribution in [2.24, 2.45) is 9.52 Å². The molecule has 0 N–H and O–H groups in total. The summed E-state index contributed by atoms with van der Waals surface area (Å²) in [5.41, 5.74) is -3.26. The van der Waals surface area contributed by atoms with Gasteiger partial charge in [0, 0.05) is 23.8 Å². The highest BCUT2D eigenvalue weighted by atomic mass is 35.5. The molecule has 1 amide bonds. The van der Waals surface area contributed by atoms with Crippen LogP contribution >= 0.6 is 23.2 Å². The molecule has 2 atom stereocenters. The molecule has 0 fully saturated rings. The van der Waals surface area contributed by atoms with Crippen LogP contribution in [0.25, 0.3) is 0 Å². The summed E-state index contributed by atoms with van der Waals surface area (Å²) in [7, 11) is -1.77. The Morgan fingerprint density at radius 1 is 1.11 bits per heavy atom. The van der Waals surface area contributed by atoms with Gasteiger partial charge in [0.15, 0.2) is 5.82 Å². The molecule has 0 aromatic heterocycles. The highest BCUT2D eigenvalue weighted by Crippen LogP contribution is 2.50. The number of carbonyl (C=O) groups excluding carboxylic acids is 1. The first-order valence-corrected chi connectivity index (χ1v) is 13.4. The van der Waals surface area contributed by atoms with Crippen LogP contribution in [0.2, 0.25) is 10.0 Å². The van der Waals surface area contributed by atoms with Crippen LogP contribution < -0.4 is 4.74 Å². The second-order valence-electron chi connectivity index (χ2n) is 8.31. The Balaban J connectivity index is 1.61. The molecule has 0 saturated heterocycles. The van der Waals surface area contributed by atoms with Crippen molar-refractivity contribution < 1.29 is 36.1 Å². The van der Waals surface area contributed by atoms with Crippen LogP contribution in [0.3, 0.4) is 0 Å². The number of rotatable bonds is 5. The third kappa shape index (κ3) is 5.10. The lowest BCUT2D eigenvalue weighted by molar-refractivity contribution is -0.275. The van der Waals surface area contributed by atoms with E-state index in [-0.39, 0.29) is 21.7 Å². The molecule has 2 unspecified atom stereocenters. The molecule has 3 aromatic rings. The summed E-state index contributed by atoms with van der Waals surface area (Å²) in [4.78, 5) is 17.9. The van der Waals surface area contributed by atoms with Crippen molar-refractivity contribution >= 4 is 44.5 Å². The molecular weight excluding hydrogens is 571 g/mol. The molecule has 1 aliphatic rings. The number of benzene rings is 3. The highest BCUT2D eigenvalue weighted by Gasteiger charge is 2.62. The molecule has 0 radical (unpaired) electrons. The third-order valence-corrected chi connectivity index (χ3v) is 8.05. The number of hydrogen-bond acceptors (Lipinski definition) is 5. The van der Waals surface area contributed by atoms with Crippen LogP contribution in [0, 0.1) is 5.82 Å². The van der Waals surface area contributed by atoms with Gasteiger partial charge in [0.05, 0.1) is 37.5 Å². The molecule has 6 nitrogen and oxygen atoms in total. The first-order chi connectivity index (χ1) is 17.8. The lowest BCUT2D eigenvalue weighted by Gasteiger charge is -2.29. The van der Waals surface area contributed by atoms with E-state index in [1.807, 2.05) is 0 Å². The van der Waals surface area contributed by atoms with Crippen LogP contribution in [0.5, 0.6) is 5.75 Å². The molecule has 200 valence electrons. The zero-order chi connectivity index (χ0) is 27.9. The van der Waals surface area contributed by atoms with Gasteiger partial charge >= 0.3 is 6.18 Å².